The van der Waals surface area contributed by atoms with E-state index in [1.54, 1.807) is 13.0 Å². The van der Waals surface area contributed by atoms with E-state index in [-0.39, 0.29) is 29.0 Å². The van der Waals surface area contributed by atoms with Gasteiger partial charge in [0.1, 0.15) is 12.4 Å². The van der Waals surface area contributed by atoms with Crippen LogP contribution in [0.3, 0.4) is 0 Å². The van der Waals surface area contributed by atoms with Crippen molar-refractivity contribution in [2.45, 2.75) is 32.1 Å². The van der Waals surface area contributed by atoms with Crippen molar-refractivity contribution in [1.82, 2.24) is 14.5 Å². The summed E-state index contributed by atoms with van der Waals surface area (Å²) in [5.41, 5.74) is 3.49. The summed E-state index contributed by atoms with van der Waals surface area (Å²) in [6.45, 7) is 2.99. The van der Waals surface area contributed by atoms with Crippen LogP contribution in [0.5, 0.6) is 0 Å². The van der Waals surface area contributed by atoms with Crippen LogP contribution in [0, 0.1) is 11.3 Å². The fourth-order valence-electron chi connectivity index (χ4n) is 4.31. The van der Waals surface area contributed by atoms with Crippen molar-refractivity contribution in [1.29, 1.82) is 5.26 Å². The van der Waals surface area contributed by atoms with Gasteiger partial charge in [-0.2, -0.15) is 5.26 Å². The van der Waals surface area contributed by atoms with Crippen LogP contribution in [-0.2, 0) is 14.6 Å². The summed E-state index contributed by atoms with van der Waals surface area (Å²) in [5.74, 6) is 0.411. The van der Waals surface area contributed by atoms with Gasteiger partial charge in [-0.15, -0.1) is 0 Å². The highest BCUT2D eigenvalue weighted by atomic mass is 32.2. The van der Waals surface area contributed by atoms with Crippen LogP contribution in [0.4, 0.5) is 10.5 Å². The van der Waals surface area contributed by atoms with Gasteiger partial charge in [-0.1, -0.05) is 12.1 Å². The number of carbonyl (C=O) groups excluding carboxylic acids is 2. The lowest BCUT2D eigenvalue weighted by Crippen LogP contribution is -2.36. The molecule has 10 heteroatoms. The number of sulfone groups is 1. The number of piperidine rings is 1. The summed E-state index contributed by atoms with van der Waals surface area (Å²) < 4.78 is 25.0. The second-order valence-electron chi connectivity index (χ2n) is 8.39. The molecule has 0 saturated carbocycles. The molecule has 0 bridgehead atoms. The minimum atomic E-state index is -3.09. The molecule has 2 aliphatic rings. The minimum absolute atomic E-state index is 0.0238. The molecule has 9 nitrogen and oxygen atoms in total. The third-order valence-corrected chi connectivity index (χ3v) is 7.74. The lowest BCUT2D eigenvalue weighted by atomic mass is 9.86. The normalized spacial score (nSPS) is 18.3. The van der Waals surface area contributed by atoms with Gasteiger partial charge in [0.05, 0.1) is 17.7 Å². The van der Waals surface area contributed by atoms with Gasteiger partial charge in [0.2, 0.25) is 5.91 Å². The second-order valence-corrected chi connectivity index (χ2v) is 10.6. The average Bonchev–Trinajstić information content (AvgIpc) is 3.29. The molecule has 1 aromatic carbocycles. The SMILES string of the molecule is CC(=O)N1CCC(c2ccc(NC(=O)n3cnc(C#N)c3)c(C3=CCS(=O)(=O)CC3)c2)CC1. The van der Waals surface area contributed by atoms with Gasteiger partial charge in [0, 0.05) is 31.3 Å². The van der Waals surface area contributed by atoms with Crippen molar-refractivity contribution in [2.75, 3.05) is 29.9 Å². The Bertz CT molecular complexity index is 1260. The van der Waals surface area contributed by atoms with Crippen molar-refractivity contribution >= 4 is 33.0 Å². The van der Waals surface area contributed by atoms with Gasteiger partial charge < -0.3 is 10.2 Å². The maximum absolute atomic E-state index is 12.7. The van der Waals surface area contributed by atoms with E-state index in [2.05, 4.69) is 10.3 Å². The Balaban J connectivity index is 1.63. The highest BCUT2D eigenvalue weighted by Gasteiger charge is 2.25. The van der Waals surface area contributed by atoms with E-state index >= 15 is 0 Å². The zero-order valence-corrected chi connectivity index (χ0v) is 19.1. The molecule has 0 aliphatic carbocycles. The Hall–Kier alpha value is -3.45. The summed E-state index contributed by atoms with van der Waals surface area (Å²) in [5, 5.41) is 11.8. The summed E-state index contributed by atoms with van der Waals surface area (Å²) in [6.07, 6.45) is 6.42. The van der Waals surface area contributed by atoms with E-state index in [9.17, 15) is 18.0 Å². The van der Waals surface area contributed by atoms with Crippen LogP contribution in [0.25, 0.3) is 5.57 Å². The smallest absolute Gasteiger partial charge is 0.331 e. The number of benzene rings is 1. The number of carbonyl (C=O) groups is 2. The summed E-state index contributed by atoms with van der Waals surface area (Å²) in [4.78, 5) is 30.1. The van der Waals surface area contributed by atoms with Gasteiger partial charge in [-0.05, 0) is 48.4 Å². The average molecular weight is 468 g/mol. The number of anilines is 1. The van der Waals surface area contributed by atoms with Crippen LogP contribution in [-0.4, -0.2) is 59.4 Å². The molecule has 172 valence electrons. The number of amides is 2. The molecule has 0 atom stereocenters. The monoisotopic (exact) mass is 467 g/mol. The van der Waals surface area contributed by atoms with Crippen LogP contribution >= 0.6 is 0 Å². The Morgan fingerprint density at radius 3 is 2.61 bits per heavy atom. The molecule has 1 N–H and O–H groups in total. The van der Waals surface area contributed by atoms with Crippen LogP contribution in [0.2, 0.25) is 0 Å². The van der Waals surface area contributed by atoms with Crippen molar-refractivity contribution in [3.8, 4) is 6.07 Å². The zero-order valence-electron chi connectivity index (χ0n) is 18.3. The molecule has 0 unspecified atom stereocenters. The van der Waals surface area contributed by atoms with E-state index < -0.39 is 15.9 Å². The molecule has 1 saturated heterocycles. The van der Waals surface area contributed by atoms with Crippen LogP contribution in [0.15, 0.2) is 36.8 Å². The molecule has 1 aromatic heterocycles. The van der Waals surface area contributed by atoms with Crippen LogP contribution < -0.4 is 5.32 Å². The molecule has 0 radical (unpaired) electrons. The van der Waals surface area contributed by atoms with E-state index in [1.165, 1.54) is 17.1 Å². The number of hydrogen-bond donors (Lipinski definition) is 1. The van der Waals surface area contributed by atoms with Crippen molar-refractivity contribution in [3.63, 3.8) is 0 Å². The minimum Gasteiger partial charge on any atom is -0.343 e. The van der Waals surface area contributed by atoms with Gasteiger partial charge in [-0.3, -0.25) is 9.36 Å². The molecule has 33 heavy (non-hydrogen) atoms. The maximum atomic E-state index is 12.7. The van der Waals surface area contributed by atoms with E-state index in [1.807, 2.05) is 29.2 Å². The highest BCUT2D eigenvalue weighted by molar-refractivity contribution is 7.91. The fraction of sp³-hybridized carbons (Fsp3) is 0.391. The number of nitrogens with zero attached hydrogens (tertiary/aromatic N) is 4. The van der Waals surface area contributed by atoms with Gasteiger partial charge in [0.15, 0.2) is 15.5 Å². The Kier molecular flexibility index (Phi) is 6.33. The Labute approximate surface area is 192 Å². The first kappa shape index (κ1) is 22.7. The molecule has 0 spiro atoms. The van der Waals surface area contributed by atoms with Crippen molar-refractivity contribution < 1.29 is 18.0 Å². The maximum Gasteiger partial charge on any atom is 0.331 e. The quantitative estimate of drug-likeness (QED) is 0.740. The first-order valence-corrected chi connectivity index (χ1v) is 12.6. The number of rotatable bonds is 3. The fourth-order valence-corrected chi connectivity index (χ4v) is 5.47. The first-order chi connectivity index (χ1) is 15.8. The Morgan fingerprint density at radius 2 is 2.00 bits per heavy atom. The number of likely N-dealkylation sites (tertiary alicyclic amines) is 1. The Morgan fingerprint density at radius 1 is 1.24 bits per heavy atom. The predicted molar refractivity (Wildman–Crippen MR) is 123 cm³/mol. The number of allylic oxidation sites excluding steroid dienone is 1. The summed E-state index contributed by atoms with van der Waals surface area (Å²) in [7, 11) is -3.09. The molecular formula is C23H25N5O4S. The highest BCUT2D eigenvalue weighted by Crippen LogP contribution is 2.35. The third-order valence-electron chi connectivity index (χ3n) is 6.24. The lowest BCUT2D eigenvalue weighted by Gasteiger charge is -2.32. The van der Waals surface area contributed by atoms with Crippen LogP contribution in [0.1, 0.15) is 48.9 Å². The van der Waals surface area contributed by atoms with Crippen molar-refractivity contribution in [2.24, 2.45) is 0 Å². The second kappa shape index (κ2) is 9.19. The number of nitriles is 1. The third kappa shape index (κ3) is 5.14. The molecule has 3 heterocycles. The number of aromatic nitrogens is 2. The molecule has 2 amide bonds. The number of imidazole rings is 1. The standard InChI is InChI=1S/C23H25N5O4S/c1-16(29)27-8-4-17(5-9-27)19-2-3-22(26-23(30)28-14-20(13-24)25-15-28)21(12-19)18-6-10-33(31,32)11-7-18/h2-3,6,12,14-15,17H,4-5,7-11H2,1H3,(H,26,30). The predicted octanol–water partition coefficient (Wildman–Crippen LogP) is 2.76. The summed E-state index contributed by atoms with van der Waals surface area (Å²) >= 11 is 0. The molecule has 1 fully saturated rings. The first-order valence-electron chi connectivity index (χ1n) is 10.8. The zero-order chi connectivity index (χ0) is 23.6. The van der Waals surface area contributed by atoms with E-state index in [0.29, 0.717) is 25.2 Å². The molecule has 2 aromatic rings. The van der Waals surface area contributed by atoms with E-state index in [0.717, 1.165) is 29.5 Å². The summed E-state index contributed by atoms with van der Waals surface area (Å²) in [6, 6.07) is 7.27. The molecule has 4 rings (SSSR count). The number of nitrogens with one attached hydrogen (secondary N) is 1. The van der Waals surface area contributed by atoms with Gasteiger partial charge >= 0.3 is 6.03 Å². The van der Waals surface area contributed by atoms with Crippen molar-refractivity contribution in [3.05, 3.63) is 53.6 Å². The largest absolute Gasteiger partial charge is 0.343 e. The lowest BCUT2D eigenvalue weighted by molar-refractivity contribution is -0.129. The van der Waals surface area contributed by atoms with Gasteiger partial charge in [0.25, 0.3) is 0 Å². The topological polar surface area (TPSA) is 125 Å². The molecular weight excluding hydrogens is 442 g/mol. The molecule has 2 aliphatic heterocycles. The van der Waals surface area contributed by atoms with Gasteiger partial charge in [-0.25, -0.2) is 18.2 Å². The van der Waals surface area contributed by atoms with E-state index in [4.69, 9.17) is 5.26 Å². The number of hydrogen-bond acceptors (Lipinski definition) is 6.